The fraction of sp³-hybridized carbons (Fsp3) is 0. The van der Waals surface area contributed by atoms with Gasteiger partial charge in [-0.25, -0.2) is 4.79 Å². The largest absolute Gasteiger partial charge is 0.351 e. The van der Waals surface area contributed by atoms with Gasteiger partial charge in [-0.15, -0.1) is 12.6 Å². The van der Waals surface area contributed by atoms with Gasteiger partial charge in [0.05, 0.1) is 0 Å². The third-order valence-electron chi connectivity index (χ3n) is 0.957. The van der Waals surface area contributed by atoms with Crippen molar-refractivity contribution < 1.29 is 9.59 Å². The summed E-state index contributed by atoms with van der Waals surface area (Å²) in [6.07, 6.45) is 0.225. The van der Waals surface area contributed by atoms with Crippen LogP contribution in [-0.4, -0.2) is 12.4 Å². The molecular weight excluding hydrogens is 188 g/mol. The molecule has 0 aliphatic carbocycles. The van der Waals surface area contributed by atoms with E-state index < -0.39 is 6.03 Å². The molecule has 0 aromatic heterocycles. The van der Waals surface area contributed by atoms with E-state index in [1.807, 2.05) is 30.3 Å². The molecule has 0 fully saturated rings. The van der Waals surface area contributed by atoms with Crippen LogP contribution in [0.15, 0.2) is 35.2 Å². The van der Waals surface area contributed by atoms with Gasteiger partial charge in [-0.3, -0.25) is 10.1 Å². The fourth-order valence-corrected chi connectivity index (χ4v) is 0.658. The molecule has 1 rings (SSSR count). The number of urea groups is 1. The molecule has 0 radical (unpaired) electrons. The number of imide groups is 1. The van der Waals surface area contributed by atoms with Crippen molar-refractivity contribution in [3.8, 4) is 0 Å². The minimum absolute atomic E-state index is 0.225. The molecule has 0 unspecified atom stereocenters. The zero-order chi connectivity index (χ0) is 10.1. The second kappa shape index (κ2) is 7.17. The summed E-state index contributed by atoms with van der Waals surface area (Å²) < 4.78 is 0. The molecule has 0 heterocycles. The third-order valence-corrected chi connectivity index (χ3v) is 1.26. The van der Waals surface area contributed by atoms with Crippen LogP contribution < -0.4 is 11.1 Å². The van der Waals surface area contributed by atoms with Crippen LogP contribution in [0.25, 0.3) is 0 Å². The Morgan fingerprint density at radius 1 is 1.38 bits per heavy atom. The number of nitrogens with one attached hydrogen (secondary N) is 1. The molecule has 5 heteroatoms. The van der Waals surface area contributed by atoms with Crippen molar-refractivity contribution in [3.05, 3.63) is 30.3 Å². The monoisotopic (exact) mass is 198 g/mol. The maximum atomic E-state index is 9.48. The Morgan fingerprint density at radius 3 is 2.08 bits per heavy atom. The van der Waals surface area contributed by atoms with E-state index in [1.165, 1.54) is 0 Å². The fourth-order valence-electron chi connectivity index (χ4n) is 0.486. The van der Waals surface area contributed by atoms with Gasteiger partial charge in [-0.2, -0.15) is 0 Å². The van der Waals surface area contributed by atoms with Gasteiger partial charge in [0.2, 0.25) is 6.41 Å². The highest BCUT2D eigenvalue weighted by Crippen LogP contribution is 2.00. The maximum Gasteiger partial charge on any atom is 0.318 e. The van der Waals surface area contributed by atoms with E-state index in [0.717, 1.165) is 4.90 Å². The van der Waals surface area contributed by atoms with Gasteiger partial charge in [-0.1, -0.05) is 18.2 Å². The average Bonchev–Trinajstić information content (AvgIpc) is 2.06. The number of nitrogens with two attached hydrogens (primary N) is 1. The van der Waals surface area contributed by atoms with Crippen molar-refractivity contribution in [1.29, 1.82) is 0 Å². The molecule has 70 valence electrons. The summed E-state index contributed by atoms with van der Waals surface area (Å²) in [5.74, 6) is 0. The minimum atomic E-state index is -0.829. The Labute approximate surface area is 81.5 Å². The topological polar surface area (TPSA) is 72.2 Å². The van der Waals surface area contributed by atoms with E-state index in [4.69, 9.17) is 0 Å². The zero-order valence-corrected chi connectivity index (χ0v) is 7.70. The normalized spacial score (nSPS) is 7.77. The summed E-state index contributed by atoms with van der Waals surface area (Å²) in [6, 6.07) is 8.96. The summed E-state index contributed by atoms with van der Waals surface area (Å²) in [5.41, 5.74) is 4.42. The molecular formula is C8H10N2O2S. The third kappa shape index (κ3) is 8.42. The van der Waals surface area contributed by atoms with Gasteiger partial charge in [0, 0.05) is 4.90 Å². The zero-order valence-electron chi connectivity index (χ0n) is 6.81. The molecule has 0 aliphatic heterocycles. The minimum Gasteiger partial charge on any atom is -0.351 e. The van der Waals surface area contributed by atoms with Crippen molar-refractivity contribution >= 4 is 25.1 Å². The predicted molar refractivity (Wildman–Crippen MR) is 52.5 cm³/mol. The Balaban J connectivity index is 0.000000226. The standard InChI is InChI=1S/C6H6S.C2H4N2O2/c7-6-4-2-1-3-5-6;3-2(6)4-1-5/h1-5,7H;1H,(H3,3,4,5,6). The number of hydrogen-bond donors (Lipinski definition) is 3. The van der Waals surface area contributed by atoms with Gasteiger partial charge >= 0.3 is 6.03 Å². The predicted octanol–water partition coefficient (Wildman–Crippen LogP) is 0.786. The van der Waals surface area contributed by atoms with E-state index >= 15 is 0 Å². The second-order valence-corrected chi connectivity index (χ2v) is 2.48. The molecule has 3 amide bonds. The van der Waals surface area contributed by atoms with Crippen LogP contribution in [0.4, 0.5) is 4.79 Å². The lowest BCUT2D eigenvalue weighted by molar-refractivity contribution is -0.108. The van der Waals surface area contributed by atoms with Crippen LogP contribution in [-0.2, 0) is 4.79 Å². The number of rotatable bonds is 1. The molecule has 1 aromatic rings. The van der Waals surface area contributed by atoms with E-state index in [0.29, 0.717) is 0 Å². The number of benzene rings is 1. The summed E-state index contributed by atoms with van der Waals surface area (Å²) >= 11 is 4.08. The molecule has 1 aromatic carbocycles. The molecule has 0 saturated heterocycles. The number of amides is 3. The smallest absolute Gasteiger partial charge is 0.318 e. The molecule has 0 aliphatic rings. The summed E-state index contributed by atoms with van der Waals surface area (Å²) in [5, 5.41) is 1.67. The molecule has 0 bridgehead atoms. The highest BCUT2D eigenvalue weighted by molar-refractivity contribution is 7.80. The van der Waals surface area contributed by atoms with Crippen molar-refractivity contribution in [3.63, 3.8) is 0 Å². The van der Waals surface area contributed by atoms with Crippen molar-refractivity contribution in [1.82, 2.24) is 5.32 Å². The number of carbonyl (C=O) groups is 2. The number of primary amides is 1. The number of carbonyl (C=O) groups excluding carboxylic acids is 2. The Hall–Kier alpha value is -1.49. The van der Waals surface area contributed by atoms with Gasteiger partial charge in [-0.05, 0) is 12.1 Å². The van der Waals surface area contributed by atoms with Crippen LogP contribution in [0.3, 0.4) is 0 Å². The van der Waals surface area contributed by atoms with Crippen molar-refractivity contribution in [2.24, 2.45) is 5.73 Å². The van der Waals surface area contributed by atoms with Crippen molar-refractivity contribution in [2.75, 3.05) is 0 Å². The van der Waals surface area contributed by atoms with Gasteiger partial charge in [0.1, 0.15) is 0 Å². The van der Waals surface area contributed by atoms with Crippen LogP contribution >= 0.6 is 12.6 Å². The van der Waals surface area contributed by atoms with E-state index in [2.05, 4.69) is 18.4 Å². The molecule has 0 atom stereocenters. The molecule has 3 N–H and O–H groups in total. The van der Waals surface area contributed by atoms with Gasteiger partial charge < -0.3 is 5.73 Å². The Bertz CT molecular complexity index is 264. The van der Waals surface area contributed by atoms with E-state index in [1.54, 1.807) is 5.32 Å². The van der Waals surface area contributed by atoms with Crippen molar-refractivity contribution in [2.45, 2.75) is 4.90 Å². The summed E-state index contributed by atoms with van der Waals surface area (Å²) in [4.78, 5) is 19.7. The molecule has 13 heavy (non-hydrogen) atoms. The maximum absolute atomic E-state index is 9.48. The first-order valence-corrected chi connectivity index (χ1v) is 3.85. The highest BCUT2D eigenvalue weighted by atomic mass is 32.1. The highest BCUT2D eigenvalue weighted by Gasteiger charge is 1.79. The lowest BCUT2D eigenvalue weighted by Crippen LogP contribution is -2.27. The van der Waals surface area contributed by atoms with Crippen LogP contribution in [0, 0.1) is 0 Å². The molecule has 0 saturated carbocycles. The SMILES string of the molecule is NC(=O)NC=O.Sc1ccccc1. The summed E-state index contributed by atoms with van der Waals surface area (Å²) in [6.45, 7) is 0. The Morgan fingerprint density at radius 2 is 1.92 bits per heavy atom. The Kier molecular flexibility index (Phi) is 6.35. The first-order chi connectivity index (χ1) is 6.16. The first-order valence-electron chi connectivity index (χ1n) is 3.40. The van der Waals surface area contributed by atoms with E-state index in [9.17, 15) is 9.59 Å². The van der Waals surface area contributed by atoms with Crippen LogP contribution in [0.1, 0.15) is 0 Å². The van der Waals surface area contributed by atoms with Gasteiger partial charge in [0.15, 0.2) is 0 Å². The first kappa shape index (κ1) is 11.5. The summed E-state index contributed by atoms with van der Waals surface area (Å²) in [7, 11) is 0. The molecule has 0 spiro atoms. The van der Waals surface area contributed by atoms with E-state index in [-0.39, 0.29) is 6.41 Å². The number of hydrogen-bond acceptors (Lipinski definition) is 3. The lowest BCUT2D eigenvalue weighted by Gasteiger charge is -1.81. The van der Waals surface area contributed by atoms with Crippen LogP contribution in [0.2, 0.25) is 0 Å². The average molecular weight is 198 g/mol. The lowest BCUT2D eigenvalue weighted by atomic mass is 10.4. The van der Waals surface area contributed by atoms with Crippen LogP contribution in [0.5, 0.6) is 0 Å². The quantitative estimate of drug-likeness (QED) is 0.461. The number of thiol groups is 1. The second-order valence-electron chi connectivity index (χ2n) is 1.96. The van der Waals surface area contributed by atoms with Gasteiger partial charge in [0.25, 0.3) is 0 Å². The molecule has 4 nitrogen and oxygen atoms in total.